The van der Waals surface area contributed by atoms with Crippen LogP contribution in [0.2, 0.25) is 0 Å². The SMILES string of the molecule is CCC(CC)(CO)NC(=O)C1COc2ccccc21. The van der Waals surface area contributed by atoms with Crippen molar-refractivity contribution in [1.82, 2.24) is 5.32 Å². The molecule has 1 aliphatic rings. The molecule has 0 fully saturated rings. The van der Waals surface area contributed by atoms with Crippen molar-refractivity contribution in [2.45, 2.75) is 38.1 Å². The number of rotatable bonds is 5. The third kappa shape index (κ3) is 2.59. The zero-order chi connectivity index (χ0) is 13.9. The number of fused-ring (bicyclic) bond motifs is 1. The number of hydrogen-bond acceptors (Lipinski definition) is 3. The maximum Gasteiger partial charge on any atom is 0.231 e. The summed E-state index contributed by atoms with van der Waals surface area (Å²) in [5.41, 5.74) is 0.410. The number of aliphatic hydroxyl groups is 1. The Morgan fingerprint density at radius 3 is 2.74 bits per heavy atom. The number of carbonyl (C=O) groups is 1. The van der Waals surface area contributed by atoms with Crippen LogP contribution in [0.3, 0.4) is 0 Å². The van der Waals surface area contributed by atoms with Gasteiger partial charge in [0.1, 0.15) is 18.3 Å². The molecule has 4 heteroatoms. The van der Waals surface area contributed by atoms with Gasteiger partial charge < -0.3 is 15.2 Å². The molecule has 1 heterocycles. The van der Waals surface area contributed by atoms with Crippen LogP contribution in [0.1, 0.15) is 38.2 Å². The van der Waals surface area contributed by atoms with E-state index in [1.54, 1.807) is 0 Å². The van der Waals surface area contributed by atoms with Crippen molar-refractivity contribution < 1.29 is 14.6 Å². The first-order valence-corrected chi connectivity index (χ1v) is 6.80. The van der Waals surface area contributed by atoms with Gasteiger partial charge in [-0.05, 0) is 18.9 Å². The number of aliphatic hydroxyl groups excluding tert-OH is 1. The molecule has 2 N–H and O–H groups in total. The summed E-state index contributed by atoms with van der Waals surface area (Å²) < 4.78 is 5.52. The highest BCUT2D eigenvalue weighted by Gasteiger charge is 2.35. The summed E-state index contributed by atoms with van der Waals surface area (Å²) in [5, 5.41) is 12.5. The van der Waals surface area contributed by atoms with Gasteiger partial charge in [-0.1, -0.05) is 32.0 Å². The Morgan fingerprint density at radius 2 is 2.11 bits per heavy atom. The molecule has 1 amide bonds. The van der Waals surface area contributed by atoms with Gasteiger partial charge in [0.2, 0.25) is 5.91 Å². The van der Waals surface area contributed by atoms with E-state index in [4.69, 9.17) is 4.74 Å². The van der Waals surface area contributed by atoms with E-state index in [1.807, 2.05) is 38.1 Å². The molecule has 1 aromatic carbocycles. The van der Waals surface area contributed by atoms with Gasteiger partial charge in [-0.25, -0.2) is 0 Å². The van der Waals surface area contributed by atoms with E-state index in [-0.39, 0.29) is 18.4 Å². The van der Waals surface area contributed by atoms with Crippen molar-refractivity contribution in [3.63, 3.8) is 0 Å². The molecule has 0 saturated carbocycles. The molecule has 0 spiro atoms. The molecule has 1 atom stereocenters. The summed E-state index contributed by atoms with van der Waals surface area (Å²) in [5.74, 6) is 0.438. The molecule has 0 aromatic heterocycles. The van der Waals surface area contributed by atoms with Crippen molar-refractivity contribution in [3.8, 4) is 5.75 Å². The molecule has 2 rings (SSSR count). The fourth-order valence-electron chi connectivity index (χ4n) is 2.42. The van der Waals surface area contributed by atoms with Crippen LogP contribution in [0.4, 0.5) is 0 Å². The van der Waals surface area contributed by atoms with Crippen LogP contribution in [-0.2, 0) is 4.79 Å². The molecule has 0 aliphatic carbocycles. The van der Waals surface area contributed by atoms with Gasteiger partial charge in [-0.15, -0.1) is 0 Å². The number of para-hydroxylation sites is 1. The Balaban J connectivity index is 2.14. The lowest BCUT2D eigenvalue weighted by Gasteiger charge is -2.31. The highest BCUT2D eigenvalue weighted by atomic mass is 16.5. The lowest BCUT2D eigenvalue weighted by Crippen LogP contribution is -2.52. The predicted molar refractivity (Wildman–Crippen MR) is 73.2 cm³/mol. The third-order valence-corrected chi connectivity index (χ3v) is 4.06. The Morgan fingerprint density at radius 1 is 1.42 bits per heavy atom. The first-order valence-electron chi connectivity index (χ1n) is 6.80. The van der Waals surface area contributed by atoms with E-state index in [0.717, 1.165) is 11.3 Å². The maximum atomic E-state index is 12.4. The molecular weight excluding hydrogens is 242 g/mol. The number of carbonyl (C=O) groups excluding carboxylic acids is 1. The van der Waals surface area contributed by atoms with Gasteiger partial charge in [0.25, 0.3) is 0 Å². The van der Waals surface area contributed by atoms with E-state index in [0.29, 0.717) is 19.4 Å². The van der Waals surface area contributed by atoms with Gasteiger partial charge in [0, 0.05) is 5.56 Å². The Bertz CT molecular complexity index is 446. The maximum absolute atomic E-state index is 12.4. The zero-order valence-electron chi connectivity index (χ0n) is 11.5. The second-order valence-electron chi connectivity index (χ2n) is 5.04. The zero-order valence-corrected chi connectivity index (χ0v) is 11.5. The molecule has 4 nitrogen and oxygen atoms in total. The van der Waals surface area contributed by atoms with Crippen LogP contribution < -0.4 is 10.1 Å². The van der Waals surface area contributed by atoms with E-state index in [2.05, 4.69) is 5.32 Å². The van der Waals surface area contributed by atoms with E-state index in [1.165, 1.54) is 0 Å². The van der Waals surface area contributed by atoms with Crippen molar-refractivity contribution in [2.24, 2.45) is 0 Å². The highest BCUT2D eigenvalue weighted by Crippen LogP contribution is 2.34. The molecule has 1 unspecified atom stereocenters. The lowest BCUT2D eigenvalue weighted by atomic mass is 9.91. The Labute approximate surface area is 113 Å². The number of benzene rings is 1. The largest absolute Gasteiger partial charge is 0.492 e. The second kappa shape index (κ2) is 5.61. The minimum Gasteiger partial charge on any atom is -0.492 e. The fraction of sp³-hybridized carbons (Fsp3) is 0.533. The van der Waals surface area contributed by atoms with Crippen molar-refractivity contribution in [3.05, 3.63) is 29.8 Å². The molecule has 0 radical (unpaired) electrons. The van der Waals surface area contributed by atoms with Crippen LogP contribution in [0, 0.1) is 0 Å². The minimum atomic E-state index is -0.519. The molecule has 104 valence electrons. The second-order valence-corrected chi connectivity index (χ2v) is 5.04. The van der Waals surface area contributed by atoms with Gasteiger partial charge in [0.05, 0.1) is 12.1 Å². The lowest BCUT2D eigenvalue weighted by molar-refractivity contribution is -0.125. The molecule has 1 aromatic rings. The number of ether oxygens (including phenoxy) is 1. The van der Waals surface area contributed by atoms with E-state index in [9.17, 15) is 9.90 Å². The van der Waals surface area contributed by atoms with Gasteiger partial charge in [-0.3, -0.25) is 4.79 Å². The van der Waals surface area contributed by atoms with Gasteiger partial charge >= 0.3 is 0 Å². The summed E-state index contributed by atoms with van der Waals surface area (Å²) in [6.45, 7) is 4.28. The summed E-state index contributed by atoms with van der Waals surface area (Å²) in [6, 6.07) is 7.61. The topological polar surface area (TPSA) is 58.6 Å². The Kier molecular flexibility index (Phi) is 4.10. The van der Waals surface area contributed by atoms with Crippen LogP contribution >= 0.6 is 0 Å². The first-order chi connectivity index (χ1) is 9.15. The van der Waals surface area contributed by atoms with Crippen molar-refractivity contribution >= 4 is 5.91 Å². The van der Waals surface area contributed by atoms with Crippen LogP contribution in [0.5, 0.6) is 5.75 Å². The summed E-state index contributed by atoms with van der Waals surface area (Å²) in [6.07, 6.45) is 1.42. The summed E-state index contributed by atoms with van der Waals surface area (Å²) in [4.78, 5) is 12.4. The van der Waals surface area contributed by atoms with Gasteiger partial charge in [-0.2, -0.15) is 0 Å². The van der Waals surface area contributed by atoms with E-state index >= 15 is 0 Å². The number of amides is 1. The van der Waals surface area contributed by atoms with Crippen molar-refractivity contribution in [1.29, 1.82) is 0 Å². The smallest absolute Gasteiger partial charge is 0.231 e. The monoisotopic (exact) mass is 263 g/mol. The van der Waals surface area contributed by atoms with E-state index < -0.39 is 5.54 Å². The predicted octanol–water partition coefficient (Wildman–Crippen LogP) is 1.83. The van der Waals surface area contributed by atoms with Gasteiger partial charge in [0.15, 0.2) is 0 Å². The minimum absolute atomic E-state index is 0.0407. The molecule has 1 aliphatic heterocycles. The number of nitrogens with one attached hydrogen (secondary N) is 1. The van der Waals surface area contributed by atoms with Crippen LogP contribution in [0.15, 0.2) is 24.3 Å². The average molecular weight is 263 g/mol. The molecule has 19 heavy (non-hydrogen) atoms. The normalized spacial score (nSPS) is 17.7. The van der Waals surface area contributed by atoms with Crippen LogP contribution in [0.25, 0.3) is 0 Å². The highest BCUT2D eigenvalue weighted by molar-refractivity contribution is 5.86. The molecule has 0 bridgehead atoms. The molecule has 0 saturated heterocycles. The number of hydrogen-bond donors (Lipinski definition) is 2. The third-order valence-electron chi connectivity index (χ3n) is 4.06. The summed E-state index contributed by atoms with van der Waals surface area (Å²) >= 11 is 0. The van der Waals surface area contributed by atoms with Crippen LogP contribution in [-0.4, -0.2) is 29.8 Å². The standard InChI is InChI=1S/C15H21NO3/c1-3-15(4-2,10-17)16-14(18)12-9-19-13-8-6-5-7-11(12)13/h5-8,12,17H,3-4,9-10H2,1-2H3,(H,16,18). The molecular formula is C15H21NO3. The average Bonchev–Trinajstić information content (AvgIpc) is 2.89. The van der Waals surface area contributed by atoms with Crippen molar-refractivity contribution in [2.75, 3.05) is 13.2 Å². The summed E-state index contributed by atoms with van der Waals surface area (Å²) in [7, 11) is 0. The quantitative estimate of drug-likeness (QED) is 0.852. The first kappa shape index (κ1) is 13.9. The Hall–Kier alpha value is -1.55. The fourth-order valence-corrected chi connectivity index (χ4v) is 2.42.